The van der Waals surface area contributed by atoms with Gasteiger partial charge in [-0.3, -0.25) is 14.5 Å². The molecule has 6 fully saturated rings. The molecule has 0 spiro atoms. The van der Waals surface area contributed by atoms with Crippen molar-refractivity contribution in [1.29, 1.82) is 0 Å². The van der Waals surface area contributed by atoms with Crippen LogP contribution in [0.25, 0.3) is 0 Å². The predicted octanol–water partition coefficient (Wildman–Crippen LogP) is 1.99. The van der Waals surface area contributed by atoms with E-state index in [-0.39, 0.29) is 11.3 Å². The van der Waals surface area contributed by atoms with Gasteiger partial charge in [-0.1, -0.05) is 13.8 Å². The average molecular weight is 404 g/mol. The van der Waals surface area contributed by atoms with E-state index in [4.69, 9.17) is 4.74 Å². The van der Waals surface area contributed by atoms with Crippen LogP contribution < -0.4 is 0 Å². The number of hydrogen-bond acceptors (Lipinski definition) is 4. The Labute approximate surface area is 174 Å². The van der Waals surface area contributed by atoms with Crippen LogP contribution >= 0.6 is 0 Å². The Kier molecular flexibility index (Phi) is 4.74. The van der Waals surface area contributed by atoms with Crippen LogP contribution in [0.4, 0.5) is 0 Å². The third kappa shape index (κ3) is 3.60. The van der Waals surface area contributed by atoms with E-state index in [1.54, 1.807) is 0 Å². The standard InChI is InChI=1S/C23H37N3O3/c1-21-11-18-12-22(2,15-21)17-23(13-18,16-21)20(28)26-5-3-24(4-6-26)14-19(27)25-7-9-29-10-8-25/h18H,3-17H2,1-2H3. The number of amides is 2. The molecule has 2 amide bonds. The Hall–Kier alpha value is -1.14. The molecule has 0 aromatic rings. The molecule has 2 unspecified atom stereocenters. The molecule has 162 valence electrons. The highest BCUT2D eigenvalue weighted by Crippen LogP contribution is 2.69. The summed E-state index contributed by atoms with van der Waals surface area (Å²) in [6.45, 7) is 11.2. The summed E-state index contributed by atoms with van der Waals surface area (Å²) >= 11 is 0. The van der Waals surface area contributed by atoms with E-state index in [1.165, 1.54) is 19.3 Å². The zero-order chi connectivity index (χ0) is 20.3. The van der Waals surface area contributed by atoms with Crippen LogP contribution in [0.15, 0.2) is 0 Å². The highest BCUT2D eigenvalue weighted by molar-refractivity contribution is 5.84. The normalized spacial score (nSPS) is 42.3. The van der Waals surface area contributed by atoms with Gasteiger partial charge in [0.25, 0.3) is 0 Å². The van der Waals surface area contributed by atoms with Gasteiger partial charge in [-0.05, 0) is 55.3 Å². The van der Waals surface area contributed by atoms with Crippen LogP contribution in [0.1, 0.15) is 52.4 Å². The van der Waals surface area contributed by atoms with E-state index in [0.717, 1.165) is 51.4 Å². The van der Waals surface area contributed by atoms with Gasteiger partial charge in [0.05, 0.1) is 25.2 Å². The molecule has 2 atom stereocenters. The van der Waals surface area contributed by atoms with E-state index in [2.05, 4.69) is 23.6 Å². The molecule has 29 heavy (non-hydrogen) atoms. The molecule has 4 bridgehead atoms. The lowest BCUT2D eigenvalue weighted by atomic mass is 9.40. The molecule has 6 heteroatoms. The van der Waals surface area contributed by atoms with Crippen molar-refractivity contribution in [3.63, 3.8) is 0 Å². The molecule has 6 aliphatic rings. The number of carbonyl (C=O) groups is 2. The molecule has 6 nitrogen and oxygen atoms in total. The number of ether oxygens (including phenoxy) is 1. The van der Waals surface area contributed by atoms with Crippen LogP contribution in [0, 0.1) is 22.2 Å². The third-order valence-corrected chi connectivity index (χ3v) is 8.46. The Morgan fingerprint density at radius 1 is 0.828 bits per heavy atom. The first-order valence-electron chi connectivity index (χ1n) is 11.7. The van der Waals surface area contributed by atoms with E-state index in [1.807, 2.05) is 4.90 Å². The van der Waals surface area contributed by atoms with Crippen LogP contribution in [0.3, 0.4) is 0 Å². The molecular weight excluding hydrogens is 366 g/mol. The van der Waals surface area contributed by atoms with Gasteiger partial charge in [0, 0.05) is 39.3 Å². The second-order valence-electron chi connectivity index (χ2n) is 11.5. The van der Waals surface area contributed by atoms with E-state index in [0.29, 0.717) is 49.6 Å². The van der Waals surface area contributed by atoms with E-state index in [9.17, 15) is 9.59 Å². The van der Waals surface area contributed by atoms with Crippen molar-refractivity contribution >= 4 is 11.8 Å². The second-order valence-corrected chi connectivity index (χ2v) is 11.5. The van der Waals surface area contributed by atoms with Crippen molar-refractivity contribution in [3.8, 4) is 0 Å². The first-order chi connectivity index (χ1) is 13.8. The molecule has 4 saturated carbocycles. The molecule has 0 radical (unpaired) electrons. The summed E-state index contributed by atoms with van der Waals surface area (Å²) in [4.78, 5) is 32.5. The number of hydrogen-bond donors (Lipinski definition) is 0. The lowest BCUT2D eigenvalue weighted by Crippen LogP contribution is -2.62. The van der Waals surface area contributed by atoms with E-state index < -0.39 is 0 Å². The minimum Gasteiger partial charge on any atom is -0.378 e. The Bertz CT molecular complexity index is 663. The maximum atomic E-state index is 13.7. The fraction of sp³-hybridized carbons (Fsp3) is 0.913. The number of piperazine rings is 1. The summed E-state index contributed by atoms with van der Waals surface area (Å²) in [5.41, 5.74) is 0.640. The molecular formula is C23H37N3O3. The molecule has 2 aliphatic heterocycles. The number of rotatable bonds is 3. The Morgan fingerprint density at radius 2 is 1.45 bits per heavy atom. The molecule has 0 aromatic carbocycles. The maximum Gasteiger partial charge on any atom is 0.236 e. The summed E-state index contributed by atoms with van der Waals surface area (Å²) < 4.78 is 5.34. The number of nitrogens with zero attached hydrogens (tertiary/aromatic N) is 3. The van der Waals surface area contributed by atoms with Crippen LogP contribution in [-0.4, -0.2) is 85.5 Å². The van der Waals surface area contributed by atoms with Crippen molar-refractivity contribution in [1.82, 2.24) is 14.7 Å². The first kappa shape index (κ1) is 19.8. The summed E-state index contributed by atoms with van der Waals surface area (Å²) in [5, 5.41) is 0. The van der Waals surface area contributed by atoms with Gasteiger partial charge >= 0.3 is 0 Å². The van der Waals surface area contributed by atoms with Crippen LogP contribution in [-0.2, 0) is 14.3 Å². The fourth-order valence-electron chi connectivity index (χ4n) is 8.23. The van der Waals surface area contributed by atoms with Crippen molar-refractivity contribution < 1.29 is 14.3 Å². The lowest BCUT2D eigenvalue weighted by Gasteiger charge is -2.65. The van der Waals surface area contributed by atoms with Crippen LogP contribution in [0.5, 0.6) is 0 Å². The van der Waals surface area contributed by atoms with Crippen molar-refractivity contribution in [2.45, 2.75) is 52.4 Å². The molecule has 2 saturated heterocycles. The topological polar surface area (TPSA) is 53.1 Å². The second kappa shape index (κ2) is 6.94. The predicted molar refractivity (Wildman–Crippen MR) is 110 cm³/mol. The molecule has 6 rings (SSSR count). The van der Waals surface area contributed by atoms with Crippen molar-refractivity contribution in [3.05, 3.63) is 0 Å². The van der Waals surface area contributed by atoms with Gasteiger partial charge in [0.15, 0.2) is 0 Å². The molecule has 2 heterocycles. The quantitative estimate of drug-likeness (QED) is 0.723. The Balaban J connectivity index is 1.19. The van der Waals surface area contributed by atoms with Gasteiger partial charge in [-0.15, -0.1) is 0 Å². The highest BCUT2D eigenvalue weighted by atomic mass is 16.5. The average Bonchev–Trinajstić information content (AvgIpc) is 2.66. The minimum absolute atomic E-state index is 0.102. The maximum absolute atomic E-state index is 13.7. The zero-order valence-electron chi connectivity index (χ0n) is 18.3. The summed E-state index contributed by atoms with van der Waals surface area (Å²) in [6.07, 6.45) is 7.28. The van der Waals surface area contributed by atoms with E-state index >= 15 is 0 Å². The molecule has 0 aromatic heterocycles. The van der Waals surface area contributed by atoms with Crippen LogP contribution in [0.2, 0.25) is 0 Å². The molecule has 4 aliphatic carbocycles. The lowest BCUT2D eigenvalue weighted by molar-refractivity contribution is -0.180. The smallest absolute Gasteiger partial charge is 0.236 e. The fourth-order valence-corrected chi connectivity index (χ4v) is 8.23. The van der Waals surface area contributed by atoms with Crippen molar-refractivity contribution in [2.75, 3.05) is 59.0 Å². The zero-order valence-corrected chi connectivity index (χ0v) is 18.3. The van der Waals surface area contributed by atoms with Gasteiger partial charge in [-0.2, -0.15) is 0 Å². The molecule has 0 N–H and O–H groups in total. The Morgan fingerprint density at radius 3 is 2.03 bits per heavy atom. The third-order valence-electron chi connectivity index (χ3n) is 8.46. The monoisotopic (exact) mass is 403 g/mol. The number of carbonyl (C=O) groups excluding carboxylic acids is 2. The van der Waals surface area contributed by atoms with Crippen molar-refractivity contribution in [2.24, 2.45) is 22.2 Å². The first-order valence-corrected chi connectivity index (χ1v) is 11.7. The summed E-state index contributed by atoms with van der Waals surface area (Å²) in [5.74, 6) is 1.38. The number of morpholine rings is 1. The minimum atomic E-state index is -0.102. The van der Waals surface area contributed by atoms with Gasteiger partial charge in [-0.25, -0.2) is 0 Å². The summed E-state index contributed by atoms with van der Waals surface area (Å²) in [6, 6.07) is 0. The van der Waals surface area contributed by atoms with Gasteiger partial charge in [0.2, 0.25) is 11.8 Å². The summed E-state index contributed by atoms with van der Waals surface area (Å²) in [7, 11) is 0. The van der Waals surface area contributed by atoms with Gasteiger partial charge in [0.1, 0.15) is 0 Å². The largest absolute Gasteiger partial charge is 0.378 e. The SMILES string of the molecule is CC12CC3CC(C)(C1)CC(C(=O)N1CCN(CC(=O)N4CCOCC4)CC1)(C3)C2. The highest BCUT2D eigenvalue weighted by Gasteiger charge is 2.63. The van der Waals surface area contributed by atoms with Gasteiger partial charge < -0.3 is 14.5 Å².